The molecule has 0 saturated heterocycles. The molecule has 0 amide bonds. The molecule has 0 rings (SSSR count). The van der Waals surface area contributed by atoms with Gasteiger partial charge in [-0.05, 0) is 19.8 Å². The summed E-state index contributed by atoms with van der Waals surface area (Å²) in [6.45, 7) is 5.99. The van der Waals surface area contributed by atoms with Crippen molar-refractivity contribution in [2.45, 2.75) is 232 Å². The molecule has 7 nitrogen and oxygen atoms in total. The van der Waals surface area contributed by atoms with E-state index >= 15 is 0 Å². The van der Waals surface area contributed by atoms with E-state index < -0.39 is 12.1 Å². The molecule has 0 radical (unpaired) electrons. The van der Waals surface area contributed by atoms with Gasteiger partial charge in [0.25, 0.3) is 0 Å². The van der Waals surface area contributed by atoms with Gasteiger partial charge >= 0.3 is 11.9 Å². The highest BCUT2D eigenvalue weighted by Gasteiger charge is 2.02. The van der Waals surface area contributed by atoms with Crippen LogP contribution in [0.2, 0.25) is 0 Å². The second-order valence-corrected chi connectivity index (χ2v) is 13.8. The summed E-state index contributed by atoms with van der Waals surface area (Å²) in [7, 11) is 0. The van der Waals surface area contributed by atoms with Crippen LogP contribution in [0.4, 0.5) is 0 Å². The predicted octanol–water partition coefficient (Wildman–Crippen LogP) is 11.5. The summed E-state index contributed by atoms with van der Waals surface area (Å²) in [6.07, 6.45) is 40.1. The summed E-state index contributed by atoms with van der Waals surface area (Å²) < 4.78 is 4.82. The van der Waals surface area contributed by atoms with E-state index in [0.29, 0.717) is 12.8 Å². The van der Waals surface area contributed by atoms with Crippen molar-refractivity contribution in [3.63, 3.8) is 0 Å². The SMILES string of the molecule is CC(O)CO.CCCCCCCCCCCCCCCCCC(=O)O.CCCCCCCCCCCCCCCCCC(=O)OCCO. The van der Waals surface area contributed by atoms with Crippen molar-refractivity contribution in [3.8, 4) is 0 Å². The number of carbonyl (C=O) groups is 2. The van der Waals surface area contributed by atoms with Crippen molar-refractivity contribution in [3.05, 3.63) is 0 Å². The summed E-state index contributed by atoms with van der Waals surface area (Å²) in [5.74, 6) is -0.826. The standard InChI is InChI=1S/C20H40O3.C18H36O2.C3H8O2/c1-2-3-4-5-6-7-8-9-10-11-12-13-14-15-16-17-20(22)23-19-18-21;1-2-3-4-5-6-7-8-9-10-11-12-13-14-15-16-17-18(19)20;1-3(5)2-4/h21H,2-19H2,1H3;2-17H2,1H3,(H,19,20);3-5H,2H2,1H3. The molecule has 0 aromatic rings. The Morgan fingerprint density at radius 2 is 0.729 bits per heavy atom. The molecule has 7 heteroatoms. The van der Waals surface area contributed by atoms with Gasteiger partial charge in [-0.15, -0.1) is 0 Å². The van der Waals surface area contributed by atoms with Crippen LogP contribution >= 0.6 is 0 Å². The van der Waals surface area contributed by atoms with Crippen LogP contribution in [0.1, 0.15) is 226 Å². The van der Waals surface area contributed by atoms with Crippen molar-refractivity contribution in [1.82, 2.24) is 0 Å². The topological polar surface area (TPSA) is 124 Å². The smallest absolute Gasteiger partial charge is 0.305 e. The number of ether oxygens (including phenoxy) is 1. The largest absolute Gasteiger partial charge is 0.481 e. The monoisotopic (exact) mass is 689 g/mol. The Morgan fingerprint density at radius 3 is 0.958 bits per heavy atom. The van der Waals surface area contributed by atoms with Gasteiger partial charge < -0.3 is 25.2 Å². The van der Waals surface area contributed by atoms with Crippen LogP contribution in [0.5, 0.6) is 0 Å². The minimum absolute atomic E-state index is 0.0788. The van der Waals surface area contributed by atoms with E-state index in [1.165, 1.54) is 174 Å². The first-order chi connectivity index (χ1) is 23.3. The number of aliphatic carboxylic acids is 1. The summed E-state index contributed by atoms with van der Waals surface area (Å²) in [5, 5.41) is 33.1. The van der Waals surface area contributed by atoms with Crippen molar-refractivity contribution < 1.29 is 34.8 Å². The van der Waals surface area contributed by atoms with Gasteiger partial charge in [0.15, 0.2) is 0 Å². The number of hydrogen-bond donors (Lipinski definition) is 4. The summed E-state index contributed by atoms with van der Waals surface area (Å²) >= 11 is 0. The molecule has 0 fully saturated rings. The van der Waals surface area contributed by atoms with Crippen molar-refractivity contribution in [2.75, 3.05) is 19.8 Å². The van der Waals surface area contributed by atoms with E-state index in [9.17, 15) is 9.59 Å². The quantitative estimate of drug-likeness (QED) is 0.0386. The van der Waals surface area contributed by atoms with Crippen LogP contribution in [0.25, 0.3) is 0 Å². The lowest BCUT2D eigenvalue weighted by Gasteiger charge is -2.04. The minimum atomic E-state index is -0.653. The molecule has 0 spiro atoms. The Kier molecular flexibility index (Phi) is 51.1. The highest BCUT2D eigenvalue weighted by atomic mass is 16.5. The van der Waals surface area contributed by atoms with E-state index in [1.807, 2.05) is 0 Å². The first-order valence-electron chi connectivity index (χ1n) is 20.6. The lowest BCUT2D eigenvalue weighted by molar-refractivity contribution is -0.144. The first-order valence-corrected chi connectivity index (χ1v) is 20.6. The number of carboxylic acid groups (broad SMARTS) is 1. The van der Waals surface area contributed by atoms with Crippen LogP contribution in [-0.2, 0) is 14.3 Å². The second kappa shape index (κ2) is 47.9. The Bertz CT molecular complexity index is 597. The van der Waals surface area contributed by atoms with Gasteiger partial charge in [-0.1, -0.05) is 194 Å². The number of unbranched alkanes of at least 4 members (excludes halogenated alkanes) is 28. The number of hydrogen-bond acceptors (Lipinski definition) is 6. The molecule has 4 N–H and O–H groups in total. The van der Waals surface area contributed by atoms with Crippen molar-refractivity contribution in [1.29, 1.82) is 0 Å². The molecule has 48 heavy (non-hydrogen) atoms. The maximum atomic E-state index is 11.2. The maximum absolute atomic E-state index is 11.2. The maximum Gasteiger partial charge on any atom is 0.305 e. The van der Waals surface area contributed by atoms with Crippen LogP contribution < -0.4 is 0 Å². The van der Waals surface area contributed by atoms with Gasteiger partial charge in [-0.2, -0.15) is 0 Å². The number of carboxylic acids is 1. The third-order valence-electron chi connectivity index (χ3n) is 8.60. The molecule has 0 bridgehead atoms. The van der Waals surface area contributed by atoms with Crippen molar-refractivity contribution in [2.24, 2.45) is 0 Å². The lowest BCUT2D eigenvalue weighted by Crippen LogP contribution is -2.07. The Morgan fingerprint density at radius 1 is 0.479 bits per heavy atom. The van der Waals surface area contributed by atoms with Gasteiger partial charge in [-0.3, -0.25) is 9.59 Å². The Balaban J connectivity index is -0.000000743. The molecule has 0 heterocycles. The number of carbonyl (C=O) groups excluding carboxylic acids is 1. The molecule has 0 aliphatic rings. The molecule has 0 saturated carbocycles. The normalized spacial score (nSPS) is 11.3. The third kappa shape index (κ3) is 57.1. The summed E-state index contributed by atoms with van der Waals surface area (Å²) in [5.41, 5.74) is 0. The molecule has 290 valence electrons. The lowest BCUT2D eigenvalue weighted by atomic mass is 10.0. The fourth-order valence-corrected chi connectivity index (χ4v) is 5.52. The van der Waals surface area contributed by atoms with E-state index in [4.69, 9.17) is 25.2 Å². The van der Waals surface area contributed by atoms with Gasteiger partial charge in [0.05, 0.1) is 19.3 Å². The Labute approximate surface area is 298 Å². The fourth-order valence-electron chi connectivity index (χ4n) is 5.52. The third-order valence-corrected chi connectivity index (χ3v) is 8.60. The van der Waals surface area contributed by atoms with Gasteiger partial charge in [0.1, 0.15) is 6.61 Å². The zero-order valence-electron chi connectivity index (χ0n) is 32.3. The first kappa shape index (κ1) is 51.2. The number of aliphatic hydroxyl groups excluding tert-OH is 3. The van der Waals surface area contributed by atoms with E-state index in [1.54, 1.807) is 0 Å². The molecule has 1 atom stereocenters. The van der Waals surface area contributed by atoms with Gasteiger partial charge in [0, 0.05) is 12.8 Å². The van der Waals surface area contributed by atoms with E-state index in [2.05, 4.69) is 13.8 Å². The fraction of sp³-hybridized carbons (Fsp3) is 0.951. The van der Waals surface area contributed by atoms with Crippen LogP contribution in [-0.4, -0.2) is 58.3 Å². The van der Waals surface area contributed by atoms with Crippen LogP contribution in [0, 0.1) is 0 Å². The van der Waals surface area contributed by atoms with E-state index in [-0.39, 0.29) is 25.8 Å². The van der Waals surface area contributed by atoms with Gasteiger partial charge in [0.2, 0.25) is 0 Å². The number of esters is 1. The molecule has 0 aliphatic heterocycles. The summed E-state index contributed by atoms with van der Waals surface area (Å²) in [6, 6.07) is 0. The molecule has 0 aromatic heterocycles. The van der Waals surface area contributed by atoms with Crippen molar-refractivity contribution >= 4 is 11.9 Å². The van der Waals surface area contributed by atoms with Gasteiger partial charge in [-0.25, -0.2) is 0 Å². The zero-order valence-corrected chi connectivity index (χ0v) is 32.3. The minimum Gasteiger partial charge on any atom is -0.481 e. The summed E-state index contributed by atoms with van der Waals surface area (Å²) in [4.78, 5) is 21.5. The number of rotatable bonds is 35. The molecule has 0 aromatic carbocycles. The molecular weight excluding hydrogens is 604 g/mol. The molecule has 1 unspecified atom stereocenters. The number of aliphatic hydroxyl groups is 3. The predicted molar refractivity (Wildman–Crippen MR) is 204 cm³/mol. The average Bonchev–Trinajstić information content (AvgIpc) is 3.07. The van der Waals surface area contributed by atoms with Crippen LogP contribution in [0.3, 0.4) is 0 Å². The van der Waals surface area contributed by atoms with E-state index in [0.717, 1.165) is 25.7 Å². The second-order valence-electron chi connectivity index (χ2n) is 13.8. The highest BCUT2D eigenvalue weighted by molar-refractivity contribution is 5.69. The van der Waals surface area contributed by atoms with Crippen LogP contribution in [0.15, 0.2) is 0 Å². The average molecular weight is 689 g/mol. The Hall–Kier alpha value is -1.18. The zero-order chi connectivity index (χ0) is 36.2. The molecular formula is C41H84O7. The molecule has 0 aliphatic carbocycles. The highest BCUT2D eigenvalue weighted by Crippen LogP contribution is 2.15.